The van der Waals surface area contributed by atoms with Gasteiger partial charge >= 0.3 is 6.05 Å². The Morgan fingerprint density at radius 3 is 2.58 bits per heavy atom. The number of para-hydroxylation sites is 1. The molecule has 0 unspecified atom stereocenters. The fraction of sp³-hybridized carbons (Fsp3) is 0.600. The van der Waals surface area contributed by atoms with Crippen LogP contribution >= 0.6 is 0 Å². The summed E-state index contributed by atoms with van der Waals surface area (Å²) in [6, 6.07) is 5.12. The van der Waals surface area contributed by atoms with Crippen molar-refractivity contribution in [3.63, 3.8) is 0 Å². The molecule has 0 aliphatic rings. The van der Waals surface area contributed by atoms with Crippen LogP contribution in [0.15, 0.2) is 24.3 Å². The Labute approximate surface area is 114 Å². The first-order valence-corrected chi connectivity index (χ1v) is 6.84. The van der Waals surface area contributed by atoms with Crippen LogP contribution < -0.4 is 10.1 Å². The van der Waals surface area contributed by atoms with Crippen molar-refractivity contribution in [1.29, 1.82) is 0 Å². The minimum Gasteiger partial charge on any atom is -0.496 e. The molecule has 0 aromatic heterocycles. The Morgan fingerprint density at radius 1 is 1.16 bits per heavy atom. The molecule has 4 heteroatoms. The molecule has 19 heavy (non-hydrogen) atoms. The second-order valence-electron chi connectivity index (χ2n) is 4.61. The SMILES string of the molecule is CCNC(F)(F)CCCCCc1ccccc1OC. The van der Waals surface area contributed by atoms with Crippen molar-refractivity contribution >= 4 is 0 Å². The monoisotopic (exact) mass is 271 g/mol. The standard InChI is InChI=1S/C15H23F2NO/c1-3-18-15(16,17)12-8-4-5-9-13-10-6-7-11-14(13)19-2/h6-7,10-11,18H,3-5,8-9,12H2,1-2H3. The summed E-state index contributed by atoms with van der Waals surface area (Å²) >= 11 is 0. The fourth-order valence-electron chi connectivity index (χ4n) is 2.10. The van der Waals surface area contributed by atoms with Crippen LogP contribution in [0.1, 0.15) is 38.2 Å². The largest absolute Gasteiger partial charge is 0.496 e. The lowest BCUT2D eigenvalue weighted by molar-refractivity contribution is -0.0428. The van der Waals surface area contributed by atoms with E-state index >= 15 is 0 Å². The first-order chi connectivity index (χ1) is 9.09. The van der Waals surface area contributed by atoms with Gasteiger partial charge in [-0.1, -0.05) is 31.5 Å². The molecule has 1 aromatic rings. The van der Waals surface area contributed by atoms with E-state index in [9.17, 15) is 8.78 Å². The third-order valence-corrected chi connectivity index (χ3v) is 3.06. The third kappa shape index (κ3) is 6.01. The molecular formula is C15H23F2NO. The van der Waals surface area contributed by atoms with Gasteiger partial charge in [-0.25, -0.2) is 0 Å². The van der Waals surface area contributed by atoms with E-state index in [0.29, 0.717) is 13.0 Å². The molecule has 1 N–H and O–H groups in total. The Balaban J connectivity index is 2.24. The highest BCUT2D eigenvalue weighted by molar-refractivity contribution is 5.33. The number of aryl methyl sites for hydroxylation is 1. The van der Waals surface area contributed by atoms with Gasteiger partial charge in [-0.2, -0.15) is 8.78 Å². The smallest absolute Gasteiger partial charge is 0.302 e. The van der Waals surface area contributed by atoms with E-state index in [4.69, 9.17) is 4.74 Å². The van der Waals surface area contributed by atoms with Gasteiger partial charge in [0.1, 0.15) is 5.75 Å². The summed E-state index contributed by atoms with van der Waals surface area (Å²) in [5.41, 5.74) is 1.14. The van der Waals surface area contributed by atoms with Crippen LogP contribution in [-0.4, -0.2) is 19.7 Å². The quantitative estimate of drug-likeness (QED) is 0.541. The van der Waals surface area contributed by atoms with Crippen molar-refractivity contribution in [3.05, 3.63) is 29.8 Å². The zero-order valence-electron chi connectivity index (χ0n) is 11.7. The van der Waals surface area contributed by atoms with Crippen LogP contribution in [0.2, 0.25) is 0 Å². The second kappa shape index (κ2) is 8.10. The first-order valence-electron chi connectivity index (χ1n) is 6.84. The molecule has 0 aliphatic carbocycles. The molecule has 0 bridgehead atoms. The fourth-order valence-corrected chi connectivity index (χ4v) is 2.10. The average Bonchev–Trinajstić information content (AvgIpc) is 2.38. The van der Waals surface area contributed by atoms with Crippen LogP contribution in [0.5, 0.6) is 5.75 Å². The molecule has 1 rings (SSSR count). The number of rotatable bonds is 9. The van der Waals surface area contributed by atoms with E-state index < -0.39 is 6.05 Å². The Bertz CT molecular complexity index is 369. The maximum atomic E-state index is 13.2. The lowest BCUT2D eigenvalue weighted by Crippen LogP contribution is -2.35. The number of hydrogen-bond acceptors (Lipinski definition) is 2. The molecule has 0 radical (unpaired) electrons. The van der Waals surface area contributed by atoms with Crippen LogP contribution in [0, 0.1) is 0 Å². The van der Waals surface area contributed by atoms with Gasteiger partial charge in [0, 0.05) is 6.42 Å². The zero-order valence-corrected chi connectivity index (χ0v) is 11.7. The highest BCUT2D eigenvalue weighted by atomic mass is 19.3. The number of alkyl halides is 2. The van der Waals surface area contributed by atoms with E-state index in [2.05, 4.69) is 5.32 Å². The van der Waals surface area contributed by atoms with E-state index in [-0.39, 0.29) is 6.42 Å². The molecule has 0 fully saturated rings. The summed E-state index contributed by atoms with van der Waals surface area (Å²) in [4.78, 5) is 0. The van der Waals surface area contributed by atoms with Crippen LogP contribution in [-0.2, 0) is 6.42 Å². The molecule has 1 aromatic carbocycles. The van der Waals surface area contributed by atoms with Gasteiger partial charge in [0.15, 0.2) is 0 Å². The number of unbranched alkanes of at least 4 members (excludes halogenated alkanes) is 2. The number of benzene rings is 1. The molecule has 0 heterocycles. The molecule has 0 amide bonds. The summed E-state index contributed by atoms with van der Waals surface area (Å²) < 4.78 is 31.6. The van der Waals surface area contributed by atoms with Crippen LogP contribution in [0.4, 0.5) is 8.78 Å². The van der Waals surface area contributed by atoms with Gasteiger partial charge < -0.3 is 4.74 Å². The maximum Gasteiger partial charge on any atom is 0.302 e. The van der Waals surface area contributed by atoms with Crippen molar-refractivity contribution in [2.24, 2.45) is 0 Å². The minimum absolute atomic E-state index is 0.0905. The summed E-state index contributed by atoms with van der Waals surface area (Å²) in [6.45, 7) is 1.99. The lowest BCUT2D eigenvalue weighted by atomic mass is 10.0. The molecule has 108 valence electrons. The summed E-state index contributed by atoms with van der Waals surface area (Å²) in [7, 11) is 1.65. The van der Waals surface area contributed by atoms with Crippen molar-refractivity contribution in [2.45, 2.75) is 45.1 Å². The number of ether oxygens (including phenoxy) is 1. The Kier molecular flexibility index (Phi) is 6.78. The number of methoxy groups -OCH3 is 1. The highest BCUT2D eigenvalue weighted by Gasteiger charge is 2.25. The summed E-state index contributed by atoms with van der Waals surface area (Å²) in [6.07, 6.45) is 3.03. The molecule has 0 saturated carbocycles. The predicted molar refractivity (Wildman–Crippen MR) is 73.8 cm³/mol. The summed E-state index contributed by atoms with van der Waals surface area (Å²) in [5.74, 6) is 0.875. The molecule has 0 saturated heterocycles. The van der Waals surface area contributed by atoms with Crippen LogP contribution in [0.25, 0.3) is 0 Å². The summed E-state index contributed by atoms with van der Waals surface area (Å²) in [5, 5.41) is 2.20. The van der Waals surface area contributed by atoms with E-state index in [1.165, 1.54) is 0 Å². The normalized spacial score (nSPS) is 11.6. The van der Waals surface area contributed by atoms with Gasteiger partial charge in [0.05, 0.1) is 7.11 Å². The van der Waals surface area contributed by atoms with Gasteiger partial charge in [-0.05, 0) is 37.4 Å². The van der Waals surface area contributed by atoms with Gasteiger partial charge in [0.25, 0.3) is 0 Å². The third-order valence-electron chi connectivity index (χ3n) is 3.06. The zero-order chi connectivity index (χ0) is 14.1. The predicted octanol–water partition coefficient (Wildman–Crippen LogP) is 4.00. The van der Waals surface area contributed by atoms with Crippen molar-refractivity contribution in [1.82, 2.24) is 5.32 Å². The van der Waals surface area contributed by atoms with Crippen molar-refractivity contribution in [3.8, 4) is 5.75 Å². The van der Waals surface area contributed by atoms with Crippen LogP contribution in [0.3, 0.4) is 0 Å². The molecule has 0 spiro atoms. The van der Waals surface area contributed by atoms with Gasteiger partial charge in [0.2, 0.25) is 0 Å². The van der Waals surface area contributed by atoms with Gasteiger partial charge in [-0.15, -0.1) is 0 Å². The first kappa shape index (κ1) is 15.9. The van der Waals surface area contributed by atoms with Gasteiger partial charge in [-0.3, -0.25) is 5.32 Å². The maximum absolute atomic E-state index is 13.2. The van der Waals surface area contributed by atoms with Crippen molar-refractivity contribution in [2.75, 3.05) is 13.7 Å². The molecular weight excluding hydrogens is 248 g/mol. The van der Waals surface area contributed by atoms with E-state index in [1.807, 2.05) is 24.3 Å². The Hall–Kier alpha value is -1.16. The van der Waals surface area contributed by atoms with Crippen molar-refractivity contribution < 1.29 is 13.5 Å². The molecule has 0 atom stereocenters. The average molecular weight is 271 g/mol. The highest BCUT2D eigenvalue weighted by Crippen LogP contribution is 2.22. The molecule has 2 nitrogen and oxygen atoms in total. The lowest BCUT2D eigenvalue weighted by Gasteiger charge is -2.16. The number of halogens is 2. The topological polar surface area (TPSA) is 21.3 Å². The van der Waals surface area contributed by atoms with E-state index in [1.54, 1.807) is 14.0 Å². The Morgan fingerprint density at radius 2 is 1.89 bits per heavy atom. The minimum atomic E-state index is -2.72. The number of nitrogens with one attached hydrogen (secondary N) is 1. The molecule has 0 aliphatic heterocycles. The second-order valence-corrected chi connectivity index (χ2v) is 4.61. The van der Waals surface area contributed by atoms with E-state index in [0.717, 1.165) is 30.6 Å². The number of hydrogen-bond donors (Lipinski definition) is 1.